The van der Waals surface area contributed by atoms with E-state index in [-0.39, 0.29) is 24.3 Å². The highest BCUT2D eigenvalue weighted by Gasteiger charge is 2.55. The first-order chi connectivity index (χ1) is 13.0. The van der Waals surface area contributed by atoms with E-state index in [2.05, 4.69) is 0 Å². The number of aliphatic carboxylic acids is 1. The Bertz CT molecular complexity index is 750. The van der Waals surface area contributed by atoms with Crippen molar-refractivity contribution in [1.29, 1.82) is 0 Å². The number of piperazine rings is 1. The maximum Gasteiger partial charge on any atom is 0.246 e. The molecule has 2 heterocycles. The number of hydrogen-bond acceptors (Lipinski definition) is 4. The smallest absolute Gasteiger partial charge is 0.246 e. The number of aryl methyl sites for hydroxylation is 1. The molecule has 1 aromatic rings. The Morgan fingerprint density at radius 1 is 1.19 bits per heavy atom. The van der Waals surface area contributed by atoms with Crippen LogP contribution in [-0.4, -0.2) is 51.8 Å². The Hall–Kier alpha value is -2.37. The molecule has 27 heavy (non-hydrogen) atoms. The van der Waals surface area contributed by atoms with Gasteiger partial charge in [0.05, 0.1) is 12.0 Å². The lowest BCUT2D eigenvalue weighted by Crippen LogP contribution is -2.67. The molecule has 144 valence electrons. The van der Waals surface area contributed by atoms with Crippen LogP contribution in [0.5, 0.6) is 0 Å². The summed E-state index contributed by atoms with van der Waals surface area (Å²) in [6, 6.07) is 7.38. The normalized spacial score (nSPS) is 31.0. The first-order valence-electron chi connectivity index (χ1n) is 9.88. The lowest BCUT2D eigenvalue weighted by atomic mass is 9.97. The minimum Gasteiger partial charge on any atom is -0.548 e. The van der Waals surface area contributed by atoms with Crippen LogP contribution in [0.15, 0.2) is 30.3 Å². The van der Waals surface area contributed by atoms with Gasteiger partial charge < -0.3 is 19.7 Å². The van der Waals surface area contributed by atoms with Crippen molar-refractivity contribution in [3.05, 3.63) is 35.9 Å². The fraction of sp³-hybridized carbons (Fsp3) is 0.571. The maximum atomic E-state index is 13.2. The Labute approximate surface area is 159 Å². The number of amides is 2. The van der Waals surface area contributed by atoms with Crippen molar-refractivity contribution in [3.63, 3.8) is 0 Å². The van der Waals surface area contributed by atoms with E-state index in [4.69, 9.17) is 0 Å². The zero-order valence-electron chi connectivity index (χ0n) is 15.5. The summed E-state index contributed by atoms with van der Waals surface area (Å²) in [5.41, 5.74) is 1.00. The molecule has 0 N–H and O–H groups in total. The molecule has 2 saturated heterocycles. The third kappa shape index (κ3) is 3.01. The van der Waals surface area contributed by atoms with Crippen LogP contribution in [0.1, 0.15) is 44.6 Å². The molecular formula is C21H25N2O4-. The van der Waals surface area contributed by atoms with Gasteiger partial charge >= 0.3 is 0 Å². The average molecular weight is 369 g/mol. The SMILES string of the molecule is C[C@H]1C(=O)N2[C@H](C[C@@H]3CCC[C@@H]32)C(=O)N1[C@@H](CCc1ccccc1)C(=O)[O-]. The van der Waals surface area contributed by atoms with Crippen molar-refractivity contribution in [2.75, 3.05) is 0 Å². The van der Waals surface area contributed by atoms with Crippen LogP contribution in [0.3, 0.4) is 0 Å². The van der Waals surface area contributed by atoms with Crippen LogP contribution < -0.4 is 5.11 Å². The topological polar surface area (TPSA) is 80.8 Å². The summed E-state index contributed by atoms with van der Waals surface area (Å²) in [6.07, 6.45) is 4.52. The number of nitrogens with zero attached hydrogens (tertiary/aromatic N) is 2. The van der Waals surface area contributed by atoms with E-state index in [0.717, 1.165) is 24.8 Å². The Morgan fingerprint density at radius 2 is 1.93 bits per heavy atom. The summed E-state index contributed by atoms with van der Waals surface area (Å²) in [6.45, 7) is 1.65. The number of carboxylic acids is 1. The highest BCUT2D eigenvalue weighted by Crippen LogP contribution is 2.44. The fourth-order valence-corrected chi connectivity index (χ4v) is 5.27. The van der Waals surface area contributed by atoms with E-state index in [9.17, 15) is 19.5 Å². The molecule has 0 aromatic heterocycles. The molecule has 0 bridgehead atoms. The Morgan fingerprint density at radius 3 is 2.63 bits per heavy atom. The second kappa shape index (κ2) is 6.98. The standard InChI is InChI=1S/C21H26N2O4/c1-13-19(24)23-16-9-5-8-15(16)12-18(23)20(25)22(13)17(21(26)27)11-10-14-6-3-2-4-7-14/h2-4,6-7,13,15-18H,5,8-12H2,1H3,(H,26,27)/p-1/t13-,15-,16-,17-,18+/m0/s1. The molecule has 0 radical (unpaired) electrons. The average Bonchev–Trinajstić information content (AvgIpc) is 3.24. The summed E-state index contributed by atoms with van der Waals surface area (Å²) < 4.78 is 0. The molecule has 1 aromatic carbocycles. The predicted molar refractivity (Wildman–Crippen MR) is 96.2 cm³/mol. The quantitative estimate of drug-likeness (QED) is 0.767. The molecule has 0 spiro atoms. The number of carbonyl (C=O) groups excluding carboxylic acids is 3. The van der Waals surface area contributed by atoms with Gasteiger partial charge in [0, 0.05) is 6.04 Å². The van der Waals surface area contributed by atoms with E-state index in [1.165, 1.54) is 4.90 Å². The summed E-state index contributed by atoms with van der Waals surface area (Å²) in [4.78, 5) is 41.2. The molecule has 0 unspecified atom stereocenters. The van der Waals surface area contributed by atoms with E-state index < -0.39 is 24.1 Å². The van der Waals surface area contributed by atoms with Crippen LogP contribution in [0.25, 0.3) is 0 Å². The monoisotopic (exact) mass is 369 g/mol. The molecular weight excluding hydrogens is 344 g/mol. The predicted octanol–water partition coefficient (Wildman–Crippen LogP) is 0.738. The van der Waals surface area contributed by atoms with Gasteiger partial charge in [-0.25, -0.2) is 0 Å². The molecule has 3 fully saturated rings. The largest absolute Gasteiger partial charge is 0.548 e. The van der Waals surface area contributed by atoms with Crippen LogP contribution >= 0.6 is 0 Å². The van der Waals surface area contributed by atoms with Crippen molar-refractivity contribution < 1.29 is 19.5 Å². The minimum atomic E-state index is -1.29. The molecule has 1 aliphatic carbocycles. The lowest BCUT2D eigenvalue weighted by molar-refractivity contribution is -0.312. The van der Waals surface area contributed by atoms with Crippen molar-refractivity contribution in [2.24, 2.45) is 5.92 Å². The summed E-state index contributed by atoms with van der Waals surface area (Å²) in [7, 11) is 0. The first-order valence-corrected chi connectivity index (χ1v) is 9.88. The highest BCUT2D eigenvalue weighted by molar-refractivity contribution is 5.99. The number of carbonyl (C=O) groups is 3. The molecule has 1 saturated carbocycles. The summed E-state index contributed by atoms with van der Waals surface area (Å²) in [5.74, 6) is -1.25. The van der Waals surface area contributed by atoms with Gasteiger partial charge in [-0.05, 0) is 50.5 Å². The van der Waals surface area contributed by atoms with Crippen LogP contribution in [0.4, 0.5) is 0 Å². The first kappa shape index (κ1) is 18.0. The number of benzene rings is 1. The van der Waals surface area contributed by atoms with Crippen molar-refractivity contribution in [1.82, 2.24) is 9.80 Å². The van der Waals surface area contributed by atoms with Gasteiger partial charge in [-0.1, -0.05) is 36.8 Å². The highest BCUT2D eigenvalue weighted by atomic mass is 16.4. The van der Waals surface area contributed by atoms with Gasteiger partial charge in [-0.3, -0.25) is 9.59 Å². The molecule has 5 atom stereocenters. The van der Waals surface area contributed by atoms with E-state index in [0.29, 0.717) is 18.8 Å². The van der Waals surface area contributed by atoms with Gasteiger partial charge in [0.15, 0.2) is 0 Å². The maximum absolute atomic E-state index is 13.2. The van der Waals surface area contributed by atoms with Crippen LogP contribution in [-0.2, 0) is 20.8 Å². The third-order valence-electron chi connectivity index (χ3n) is 6.56. The third-order valence-corrected chi connectivity index (χ3v) is 6.56. The molecule has 4 rings (SSSR count). The minimum absolute atomic E-state index is 0.111. The molecule has 3 aliphatic rings. The zero-order valence-corrected chi connectivity index (χ0v) is 15.5. The summed E-state index contributed by atoms with van der Waals surface area (Å²) in [5, 5.41) is 11.9. The van der Waals surface area contributed by atoms with Gasteiger partial charge in [0.25, 0.3) is 0 Å². The van der Waals surface area contributed by atoms with Crippen molar-refractivity contribution >= 4 is 17.8 Å². The van der Waals surface area contributed by atoms with E-state index in [1.54, 1.807) is 11.8 Å². The van der Waals surface area contributed by atoms with Crippen LogP contribution in [0, 0.1) is 5.92 Å². The van der Waals surface area contributed by atoms with Gasteiger partial charge in [-0.15, -0.1) is 0 Å². The molecule has 2 amide bonds. The zero-order chi connectivity index (χ0) is 19.1. The lowest BCUT2D eigenvalue weighted by Gasteiger charge is -2.46. The van der Waals surface area contributed by atoms with Crippen molar-refractivity contribution in [2.45, 2.75) is 69.6 Å². The number of fused-ring (bicyclic) bond motifs is 3. The number of rotatable bonds is 5. The fourth-order valence-electron chi connectivity index (χ4n) is 5.27. The Balaban J connectivity index is 1.56. The summed E-state index contributed by atoms with van der Waals surface area (Å²) >= 11 is 0. The number of carboxylic acid groups (broad SMARTS) is 1. The second-order valence-electron chi connectivity index (χ2n) is 8.04. The van der Waals surface area contributed by atoms with Gasteiger partial charge in [0.1, 0.15) is 12.1 Å². The molecule has 6 nitrogen and oxygen atoms in total. The molecule has 6 heteroatoms. The second-order valence-corrected chi connectivity index (χ2v) is 8.04. The Kier molecular flexibility index (Phi) is 4.66. The van der Waals surface area contributed by atoms with E-state index >= 15 is 0 Å². The van der Waals surface area contributed by atoms with E-state index in [1.807, 2.05) is 30.3 Å². The van der Waals surface area contributed by atoms with Crippen molar-refractivity contribution in [3.8, 4) is 0 Å². The molecule has 2 aliphatic heterocycles. The van der Waals surface area contributed by atoms with Gasteiger partial charge in [0.2, 0.25) is 11.8 Å². The van der Waals surface area contributed by atoms with Gasteiger partial charge in [-0.2, -0.15) is 0 Å². The van der Waals surface area contributed by atoms with Crippen LogP contribution in [0.2, 0.25) is 0 Å². The number of hydrogen-bond donors (Lipinski definition) is 0.